The van der Waals surface area contributed by atoms with Gasteiger partial charge in [0.15, 0.2) is 0 Å². The van der Waals surface area contributed by atoms with E-state index in [2.05, 4.69) is 45.0 Å². The third-order valence-electron chi connectivity index (χ3n) is 2.83. The van der Waals surface area contributed by atoms with E-state index in [1.54, 1.807) is 0 Å². The second-order valence-corrected chi connectivity index (χ2v) is 4.76. The molecule has 1 atom stereocenters. The smallest absolute Gasteiger partial charge is 0.0499 e. The van der Waals surface area contributed by atoms with E-state index in [1.807, 2.05) is 0 Å². The summed E-state index contributed by atoms with van der Waals surface area (Å²) in [6, 6.07) is 8.47. The lowest BCUT2D eigenvalue weighted by Gasteiger charge is -2.16. The van der Waals surface area contributed by atoms with Gasteiger partial charge in [0.05, 0.1) is 0 Å². The van der Waals surface area contributed by atoms with Gasteiger partial charge in [-0.25, -0.2) is 0 Å². The second kappa shape index (κ2) is 5.92. The van der Waals surface area contributed by atoms with Crippen molar-refractivity contribution in [2.45, 2.75) is 39.5 Å². The first kappa shape index (κ1) is 12.3. The highest BCUT2D eigenvalue weighted by molar-refractivity contribution is 5.25. The standard InChI is InChI=1S/C14H22O/c1-11(2)7-8-14(10-15)13-6-4-5-12(3)9-13/h4-6,9,11,14-15H,7-8,10H2,1-3H3. The van der Waals surface area contributed by atoms with Crippen LogP contribution in [0, 0.1) is 12.8 Å². The summed E-state index contributed by atoms with van der Waals surface area (Å²) in [5, 5.41) is 9.38. The van der Waals surface area contributed by atoms with Crippen molar-refractivity contribution >= 4 is 0 Å². The third kappa shape index (κ3) is 4.05. The lowest BCUT2D eigenvalue weighted by Crippen LogP contribution is -2.05. The van der Waals surface area contributed by atoms with Crippen molar-refractivity contribution in [2.75, 3.05) is 6.61 Å². The van der Waals surface area contributed by atoms with E-state index in [9.17, 15) is 5.11 Å². The predicted molar refractivity (Wildman–Crippen MR) is 65.1 cm³/mol. The molecule has 84 valence electrons. The van der Waals surface area contributed by atoms with Gasteiger partial charge >= 0.3 is 0 Å². The Morgan fingerprint density at radius 1 is 1.20 bits per heavy atom. The van der Waals surface area contributed by atoms with Crippen molar-refractivity contribution in [3.63, 3.8) is 0 Å². The quantitative estimate of drug-likeness (QED) is 0.781. The monoisotopic (exact) mass is 206 g/mol. The van der Waals surface area contributed by atoms with Crippen LogP contribution in [0.5, 0.6) is 0 Å². The fourth-order valence-corrected chi connectivity index (χ4v) is 1.82. The molecule has 1 aromatic carbocycles. The van der Waals surface area contributed by atoms with Gasteiger partial charge in [-0.1, -0.05) is 50.1 Å². The molecular weight excluding hydrogens is 184 g/mol. The first-order valence-electron chi connectivity index (χ1n) is 5.81. The predicted octanol–water partition coefficient (Wildman–Crippen LogP) is 3.51. The molecular formula is C14H22O. The maximum atomic E-state index is 9.38. The summed E-state index contributed by atoms with van der Waals surface area (Å²) in [5.74, 6) is 1.02. The number of hydrogen-bond acceptors (Lipinski definition) is 1. The first-order chi connectivity index (χ1) is 7.13. The van der Waals surface area contributed by atoms with Crippen LogP contribution in [0.4, 0.5) is 0 Å². The molecule has 0 radical (unpaired) electrons. The zero-order valence-electron chi connectivity index (χ0n) is 10.0. The Labute approximate surface area is 93.1 Å². The number of rotatable bonds is 5. The molecule has 0 aliphatic heterocycles. The highest BCUT2D eigenvalue weighted by Gasteiger charge is 2.10. The Hall–Kier alpha value is -0.820. The highest BCUT2D eigenvalue weighted by Crippen LogP contribution is 2.23. The number of aliphatic hydroxyl groups is 1. The summed E-state index contributed by atoms with van der Waals surface area (Å²) in [6.07, 6.45) is 2.26. The number of hydrogen-bond donors (Lipinski definition) is 1. The van der Waals surface area contributed by atoms with Crippen molar-refractivity contribution in [3.8, 4) is 0 Å². The second-order valence-electron chi connectivity index (χ2n) is 4.76. The van der Waals surface area contributed by atoms with E-state index >= 15 is 0 Å². The zero-order chi connectivity index (χ0) is 11.3. The molecule has 0 spiro atoms. The Morgan fingerprint density at radius 2 is 1.93 bits per heavy atom. The summed E-state index contributed by atoms with van der Waals surface area (Å²) in [6.45, 7) is 6.81. The van der Waals surface area contributed by atoms with Crippen LogP contribution < -0.4 is 0 Å². The van der Waals surface area contributed by atoms with Gasteiger partial charge in [0.25, 0.3) is 0 Å². The molecule has 1 nitrogen and oxygen atoms in total. The van der Waals surface area contributed by atoms with Crippen molar-refractivity contribution in [1.82, 2.24) is 0 Å². The van der Waals surface area contributed by atoms with Crippen LogP contribution >= 0.6 is 0 Å². The minimum absolute atomic E-state index is 0.260. The molecule has 0 heterocycles. The summed E-state index contributed by atoms with van der Waals surface area (Å²) >= 11 is 0. The molecule has 0 aliphatic rings. The van der Waals surface area contributed by atoms with Gasteiger partial charge in [-0.05, 0) is 24.8 Å². The molecule has 1 heteroatoms. The minimum Gasteiger partial charge on any atom is -0.396 e. The SMILES string of the molecule is Cc1cccc(C(CO)CCC(C)C)c1. The van der Waals surface area contributed by atoms with Crippen LogP contribution in [0.2, 0.25) is 0 Å². The molecule has 15 heavy (non-hydrogen) atoms. The molecule has 0 bridgehead atoms. The average molecular weight is 206 g/mol. The minimum atomic E-state index is 0.260. The van der Waals surface area contributed by atoms with Gasteiger partial charge in [0, 0.05) is 12.5 Å². The maximum absolute atomic E-state index is 9.38. The molecule has 0 saturated heterocycles. The molecule has 0 saturated carbocycles. The van der Waals surface area contributed by atoms with E-state index in [0.717, 1.165) is 6.42 Å². The van der Waals surface area contributed by atoms with Crippen LogP contribution in [-0.4, -0.2) is 11.7 Å². The Bertz CT molecular complexity index is 291. The van der Waals surface area contributed by atoms with Crippen molar-refractivity contribution in [1.29, 1.82) is 0 Å². The summed E-state index contributed by atoms with van der Waals surface area (Å²) in [5.41, 5.74) is 2.55. The fraction of sp³-hybridized carbons (Fsp3) is 0.571. The van der Waals surface area contributed by atoms with E-state index in [1.165, 1.54) is 17.5 Å². The van der Waals surface area contributed by atoms with E-state index in [-0.39, 0.29) is 6.61 Å². The highest BCUT2D eigenvalue weighted by atomic mass is 16.3. The van der Waals surface area contributed by atoms with E-state index in [4.69, 9.17) is 0 Å². The molecule has 1 N–H and O–H groups in total. The topological polar surface area (TPSA) is 20.2 Å². The van der Waals surface area contributed by atoms with Gasteiger partial charge in [-0.3, -0.25) is 0 Å². The van der Waals surface area contributed by atoms with Crippen LogP contribution in [-0.2, 0) is 0 Å². The Kier molecular flexibility index (Phi) is 4.83. The molecule has 0 amide bonds. The Balaban J connectivity index is 2.65. The van der Waals surface area contributed by atoms with Gasteiger partial charge in [-0.15, -0.1) is 0 Å². The maximum Gasteiger partial charge on any atom is 0.0499 e. The normalized spacial score (nSPS) is 13.1. The van der Waals surface area contributed by atoms with Crippen LogP contribution in [0.3, 0.4) is 0 Å². The largest absolute Gasteiger partial charge is 0.396 e. The van der Waals surface area contributed by atoms with Crippen LogP contribution in [0.15, 0.2) is 24.3 Å². The molecule has 1 unspecified atom stereocenters. The lowest BCUT2D eigenvalue weighted by molar-refractivity contribution is 0.253. The summed E-state index contributed by atoms with van der Waals surface area (Å²) < 4.78 is 0. The zero-order valence-corrected chi connectivity index (χ0v) is 10.0. The van der Waals surface area contributed by atoms with E-state index in [0.29, 0.717) is 11.8 Å². The van der Waals surface area contributed by atoms with Crippen molar-refractivity contribution in [3.05, 3.63) is 35.4 Å². The Morgan fingerprint density at radius 3 is 2.47 bits per heavy atom. The van der Waals surface area contributed by atoms with Crippen LogP contribution in [0.1, 0.15) is 43.7 Å². The van der Waals surface area contributed by atoms with Crippen molar-refractivity contribution < 1.29 is 5.11 Å². The van der Waals surface area contributed by atoms with Crippen molar-refractivity contribution in [2.24, 2.45) is 5.92 Å². The first-order valence-corrected chi connectivity index (χ1v) is 5.81. The van der Waals surface area contributed by atoms with Gasteiger partial charge < -0.3 is 5.11 Å². The molecule has 0 aromatic heterocycles. The third-order valence-corrected chi connectivity index (χ3v) is 2.83. The summed E-state index contributed by atoms with van der Waals surface area (Å²) in [7, 11) is 0. The van der Waals surface area contributed by atoms with Gasteiger partial charge in [-0.2, -0.15) is 0 Å². The van der Waals surface area contributed by atoms with Crippen LogP contribution in [0.25, 0.3) is 0 Å². The molecule has 0 aliphatic carbocycles. The molecule has 1 rings (SSSR count). The van der Waals surface area contributed by atoms with Gasteiger partial charge in [0.2, 0.25) is 0 Å². The van der Waals surface area contributed by atoms with Gasteiger partial charge in [0.1, 0.15) is 0 Å². The van der Waals surface area contributed by atoms with E-state index < -0.39 is 0 Å². The number of aliphatic hydroxyl groups excluding tert-OH is 1. The fourth-order valence-electron chi connectivity index (χ4n) is 1.82. The molecule has 1 aromatic rings. The lowest BCUT2D eigenvalue weighted by atomic mass is 9.91. The number of benzene rings is 1. The average Bonchev–Trinajstić information content (AvgIpc) is 2.18. The molecule has 0 fully saturated rings. The summed E-state index contributed by atoms with van der Waals surface area (Å²) in [4.78, 5) is 0. The number of aryl methyl sites for hydroxylation is 1.